The molecule has 0 aliphatic carbocycles. The van der Waals surface area contributed by atoms with Crippen molar-refractivity contribution in [2.24, 2.45) is 0 Å². The molecule has 1 aromatic heterocycles. The number of esters is 1. The third-order valence-electron chi connectivity index (χ3n) is 5.77. The minimum atomic E-state index is -4.57. The highest BCUT2D eigenvalue weighted by atomic mass is 19.4. The van der Waals surface area contributed by atoms with Crippen LogP contribution in [0.25, 0.3) is 10.9 Å². The number of aromatic nitrogens is 1. The van der Waals surface area contributed by atoms with Crippen LogP contribution < -0.4 is 4.74 Å². The third kappa shape index (κ3) is 5.06. The Morgan fingerprint density at radius 1 is 0.943 bits per heavy atom. The minimum absolute atomic E-state index is 0.0376. The molecule has 0 aliphatic heterocycles. The number of nitrogens with zero attached hydrogens (tertiary/aromatic N) is 1. The molecule has 0 saturated carbocycles. The molecule has 1 heterocycles. The molecular weight excluding hydrogens is 459 g/mol. The van der Waals surface area contributed by atoms with E-state index in [2.05, 4.69) is 0 Å². The Morgan fingerprint density at radius 2 is 1.63 bits per heavy atom. The van der Waals surface area contributed by atoms with Gasteiger partial charge < -0.3 is 9.47 Å². The molecule has 35 heavy (non-hydrogen) atoms. The second-order valence-corrected chi connectivity index (χ2v) is 7.99. The lowest BCUT2D eigenvalue weighted by molar-refractivity contribution is -0.144. The second kappa shape index (κ2) is 9.66. The first kappa shape index (κ1) is 24.1. The highest BCUT2D eigenvalue weighted by Crippen LogP contribution is 2.35. The van der Waals surface area contributed by atoms with Crippen LogP contribution in [-0.4, -0.2) is 23.6 Å². The smallest absolute Gasteiger partial charge is 0.416 e. The lowest BCUT2D eigenvalue weighted by atomic mass is 10.1. The summed E-state index contributed by atoms with van der Waals surface area (Å²) >= 11 is 0. The third-order valence-corrected chi connectivity index (χ3v) is 5.77. The topological polar surface area (TPSA) is 57.5 Å². The Labute approximate surface area is 199 Å². The number of halogens is 3. The lowest BCUT2D eigenvalue weighted by Gasteiger charge is -2.09. The molecule has 3 aromatic carbocycles. The first-order valence-electron chi connectivity index (χ1n) is 10.8. The molecule has 0 bridgehead atoms. The van der Waals surface area contributed by atoms with Crippen molar-refractivity contribution >= 4 is 22.8 Å². The summed E-state index contributed by atoms with van der Waals surface area (Å²) in [6.45, 7) is 1.64. The van der Waals surface area contributed by atoms with Crippen molar-refractivity contribution in [2.45, 2.75) is 26.1 Å². The molecule has 180 valence electrons. The summed E-state index contributed by atoms with van der Waals surface area (Å²) in [6.07, 6.45) is -4.85. The molecule has 0 unspecified atom stereocenters. The van der Waals surface area contributed by atoms with Gasteiger partial charge in [-0.2, -0.15) is 13.2 Å². The van der Waals surface area contributed by atoms with Gasteiger partial charge in [0.25, 0.3) is 5.91 Å². The number of carbonyl (C=O) groups excluding carboxylic acids is 2. The van der Waals surface area contributed by atoms with E-state index in [4.69, 9.17) is 9.47 Å². The van der Waals surface area contributed by atoms with Crippen molar-refractivity contribution in [3.63, 3.8) is 0 Å². The average molecular weight is 481 g/mol. The van der Waals surface area contributed by atoms with Crippen LogP contribution in [0, 0.1) is 6.92 Å². The number of alkyl halides is 3. The van der Waals surface area contributed by atoms with E-state index in [1.807, 2.05) is 18.2 Å². The van der Waals surface area contributed by atoms with E-state index in [0.717, 1.165) is 17.7 Å². The Morgan fingerprint density at radius 3 is 2.26 bits per heavy atom. The zero-order valence-electron chi connectivity index (χ0n) is 19.1. The molecule has 0 fully saturated rings. The van der Waals surface area contributed by atoms with Crippen molar-refractivity contribution in [1.29, 1.82) is 0 Å². The maximum absolute atomic E-state index is 13.4. The first-order chi connectivity index (χ1) is 16.7. The normalized spacial score (nSPS) is 11.5. The Kier molecular flexibility index (Phi) is 6.64. The zero-order chi connectivity index (χ0) is 25.2. The van der Waals surface area contributed by atoms with Gasteiger partial charge in [-0.1, -0.05) is 30.3 Å². The van der Waals surface area contributed by atoms with Gasteiger partial charge in [0.15, 0.2) is 0 Å². The first-order valence-corrected chi connectivity index (χ1v) is 10.8. The van der Waals surface area contributed by atoms with Crippen molar-refractivity contribution in [3.8, 4) is 5.75 Å². The van der Waals surface area contributed by atoms with Crippen molar-refractivity contribution in [3.05, 3.63) is 101 Å². The van der Waals surface area contributed by atoms with E-state index in [9.17, 15) is 22.8 Å². The highest BCUT2D eigenvalue weighted by molar-refractivity contribution is 6.04. The molecule has 0 N–H and O–H groups in total. The fraction of sp³-hybridized carbons (Fsp3) is 0.185. The molecule has 0 aliphatic rings. The molecule has 8 heteroatoms. The zero-order valence-corrected chi connectivity index (χ0v) is 19.1. The molecule has 4 rings (SSSR count). The number of carbonyl (C=O) groups is 2. The second-order valence-electron chi connectivity index (χ2n) is 7.99. The van der Waals surface area contributed by atoms with E-state index >= 15 is 0 Å². The van der Waals surface area contributed by atoms with Crippen LogP contribution in [0.5, 0.6) is 5.75 Å². The van der Waals surface area contributed by atoms with Gasteiger partial charge in [0.05, 0.1) is 24.6 Å². The number of ether oxygens (including phenoxy) is 2. The average Bonchev–Trinajstić information content (AvgIpc) is 3.13. The van der Waals surface area contributed by atoms with E-state index in [1.54, 1.807) is 43.3 Å². The number of methoxy groups -OCH3 is 1. The molecule has 5 nitrogen and oxygen atoms in total. The van der Waals surface area contributed by atoms with E-state index < -0.39 is 23.6 Å². The van der Waals surface area contributed by atoms with Crippen LogP contribution in [-0.2, 0) is 28.7 Å². The van der Waals surface area contributed by atoms with Crippen LogP contribution >= 0.6 is 0 Å². The summed E-state index contributed by atoms with van der Waals surface area (Å²) in [6, 6.07) is 18.6. The maximum Gasteiger partial charge on any atom is 0.416 e. The van der Waals surface area contributed by atoms with Crippen LogP contribution in [0.15, 0.2) is 72.8 Å². The largest absolute Gasteiger partial charge is 0.497 e. The molecule has 0 saturated heterocycles. The Bertz CT molecular complexity index is 1370. The van der Waals surface area contributed by atoms with Gasteiger partial charge in [0.1, 0.15) is 12.4 Å². The summed E-state index contributed by atoms with van der Waals surface area (Å²) in [7, 11) is 1.50. The van der Waals surface area contributed by atoms with Crippen LogP contribution in [0.4, 0.5) is 13.2 Å². The summed E-state index contributed by atoms with van der Waals surface area (Å²) in [5.74, 6) is -0.476. The molecule has 4 aromatic rings. The molecule has 0 amide bonds. The van der Waals surface area contributed by atoms with Gasteiger partial charge in [-0.25, -0.2) is 0 Å². The van der Waals surface area contributed by atoms with Gasteiger partial charge in [-0.05, 0) is 60.5 Å². The van der Waals surface area contributed by atoms with Crippen molar-refractivity contribution in [1.82, 2.24) is 4.57 Å². The SMILES string of the molecule is COc1ccc(C(=O)n2c(C)c(CC(=O)OCc3ccccc3)c3cc(C(F)(F)F)ccc32)cc1. The number of hydrogen-bond acceptors (Lipinski definition) is 4. The van der Waals surface area contributed by atoms with Crippen LogP contribution in [0.3, 0.4) is 0 Å². The minimum Gasteiger partial charge on any atom is -0.497 e. The van der Waals surface area contributed by atoms with Crippen molar-refractivity contribution < 1.29 is 32.2 Å². The quantitative estimate of drug-likeness (QED) is 0.319. The van der Waals surface area contributed by atoms with E-state index in [-0.39, 0.29) is 23.9 Å². The molecule has 0 spiro atoms. The number of fused-ring (bicyclic) bond motifs is 1. The van der Waals surface area contributed by atoms with Gasteiger partial charge >= 0.3 is 12.1 Å². The standard InChI is InChI=1S/C27H22F3NO4/c1-17-22(15-25(32)35-16-18-6-4-3-5-7-18)23-14-20(27(28,29)30)10-13-24(23)31(17)26(33)19-8-11-21(34-2)12-9-19/h3-14H,15-16H2,1-2H3. The predicted molar refractivity (Wildman–Crippen MR) is 124 cm³/mol. The maximum atomic E-state index is 13.4. The van der Waals surface area contributed by atoms with E-state index in [1.165, 1.54) is 17.7 Å². The Hall–Kier alpha value is -4.07. The van der Waals surface area contributed by atoms with Crippen molar-refractivity contribution in [2.75, 3.05) is 7.11 Å². The number of rotatable bonds is 6. The van der Waals surface area contributed by atoms with Crippen LogP contribution in [0.2, 0.25) is 0 Å². The number of hydrogen-bond donors (Lipinski definition) is 0. The number of benzene rings is 3. The van der Waals surface area contributed by atoms with Gasteiger partial charge in [0.2, 0.25) is 0 Å². The van der Waals surface area contributed by atoms with Crippen LogP contribution in [0.1, 0.15) is 32.7 Å². The fourth-order valence-corrected chi connectivity index (χ4v) is 3.94. The molecule has 0 radical (unpaired) electrons. The van der Waals surface area contributed by atoms with Gasteiger partial charge in [0, 0.05) is 16.6 Å². The Balaban J connectivity index is 1.73. The summed E-state index contributed by atoms with van der Waals surface area (Å²) in [5, 5.41) is 0.177. The molecular formula is C27H22F3NO4. The molecule has 0 atom stereocenters. The van der Waals surface area contributed by atoms with E-state index in [0.29, 0.717) is 22.6 Å². The highest BCUT2D eigenvalue weighted by Gasteiger charge is 2.32. The monoisotopic (exact) mass is 481 g/mol. The summed E-state index contributed by atoms with van der Waals surface area (Å²) in [4.78, 5) is 26.0. The summed E-state index contributed by atoms with van der Waals surface area (Å²) in [5.41, 5.74) is 1.21. The lowest BCUT2D eigenvalue weighted by Crippen LogP contribution is -2.14. The fourth-order valence-electron chi connectivity index (χ4n) is 3.94. The predicted octanol–water partition coefficient (Wildman–Crippen LogP) is 5.95. The summed E-state index contributed by atoms with van der Waals surface area (Å²) < 4.78 is 52.1. The van der Waals surface area contributed by atoms with Gasteiger partial charge in [-0.3, -0.25) is 14.2 Å². The van der Waals surface area contributed by atoms with Gasteiger partial charge in [-0.15, -0.1) is 0 Å².